The topological polar surface area (TPSA) is 109 Å². The number of aromatic amines is 1. The number of anilines is 1. The standard InChI is InChI=1S/C20H22FN5O3/c1-3-4-17(27)19-14-10-22-18(9-15(14)25-26-19)24-20(28)23-16(11-29-2)12-5-7-13(21)8-6-12/h5-10,16H,3-4,11H2,1-2H3,(H,25,26)(H2,22,23,24,28). The van der Waals surface area contributed by atoms with Crippen LogP contribution in [-0.2, 0) is 4.74 Å². The van der Waals surface area contributed by atoms with E-state index in [4.69, 9.17) is 4.74 Å². The Bertz CT molecular complexity index is 1000. The number of benzene rings is 1. The number of aromatic nitrogens is 3. The molecule has 3 N–H and O–H groups in total. The van der Waals surface area contributed by atoms with Crippen LogP contribution in [0.2, 0.25) is 0 Å². The van der Waals surface area contributed by atoms with Crippen LogP contribution < -0.4 is 10.6 Å². The fourth-order valence-electron chi connectivity index (χ4n) is 2.93. The molecule has 0 saturated heterocycles. The zero-order valence-corrected chi connectivity index (χ0v) is 16.2. The smallest absolute Gasteiger partial charge is 0.320 e. The van der Waals surface area contributed by atoms with E-state index in [1.165, 1.54) is 25.4 Å². The second-order valence-corrected chi connectivity index (χ2v) is 6.52. The SMILES string of the molecule is CCCC(=O)c1n[nH]c2cc(NC(=O)NC(COC)c3ccc(F)cc3)ncc12. The first-order valence-corrected chi connectivity index (χ1v) is 9.21. The zero-order valence-electron chi connectivity index (χ0n) is 16.2. The van der Waals surface area contributed by atoms with Crippen LogP contribution in [0.3, 0.4) is 0 Å². The highest BCUT2D eigenvalue weighted by molar-refractivity contribution is 6.06. The average Bonchev–Trinajstić information content (AvgIpc) is 3.12. The van der Waals surface area contributed by atoms with E-state index < -0.39 is 12.1 Å². The Labute approximate surface area is 166 Å². The zero-order chi connectivity index (χ0) is 20.8. The number of pyridine rings is 1. The van der Waals surface area contributed by atoms with Gasteiger partial charge in [-0.25, -0.2) is 14.2 Å². The molecule has 0 aliphatic heterocycles. The van der Waals surface area contributed by atoms with Crippen molar-refractivity contribution in [1.82, 2.24) is 20.5 Å². The van der Waals surface area contributed by atoms with E-state index in [1.807, 2.05) is 6.92 Å². The van der Waals surface area contributed by atoms with Crippen LogP contribution >= 0.6 is 0 Å². The molecule has 0 aliphatic rings. The number of nitrogens with one attached hydrogen (secondary N) is 3. The Hall–Kier alpha value is -3.33. The molecule has 1 unspecified atom stereocenters. The van der Waals surface area contributed by atoms with E-state index >= 15 is 0 Å². The van der Waals surface area contributed by atoms with Crippen molar-refractivity contribution in [3.63, 3.8) is 0 Å². The summed E-state index contributed by atoms with van der Waals surface area (Å²) in [5, 5.41) is 12.9. The van der Waals surface area contributed by atoms with Gasteiger partial charge in [0.15, 0.2) is 5.78 Å². The van der Waals surface area contributed by atoms with Gasteiger partial charge in [0, 0.05) is 31.2 Å². The number of amides is 2. The Morgan fingerprint density at radius 3 is 2.72 bits per heavy atom. The monoisotopic (exact) mass is 399 g/mol. The largest absolute Gasteiger partial charge is 0.382 e. The number of hydrogen-bond acceptors (Lipinski definition) is 5. The fourth-order valence-corrected chi connectivity index (χ4v) is 2.93. The summed E-state index contributed by atoms with van der Waals surface area (Å²) in [6.45, 7) is 2.14. The number of halogens is 1. The molecule has 0 bridgehead atoms. The molecule has 152 valence electrons. The highest BCUT2D eigenvalue weighted by atomic mass is 19.1. The van der Waals surface area contributed by atoms with E-state index in [0.29, 0.717) is 34.4 Å². The number of ether oxygens (including phenoxy) is 1. The summed E-state index contributed by atoms with van der Waals surface area (Å²) in [5.41, 5.74) is 1.66. The predicted octanol–water partition coefficient (Wildman–Crippen LogP) is 3.59. The molecular formula is C20H22FN5O3. The molecule has 0 radical (unpaired) electrons. The molecule has 2 heterocycles. The number of nitrogens with zero attached hydrogens (tertiary/aromatic N) is 2. The first kappa shape index (κ1) is 20.4. The summed E-state index contributed by atoms with van der Waals surface area (Å²) < 4.78 is 18.3. The van der Waals surface area contributed by atoms with Crippen LogP contribution in [0.25, 0.3) is 10.9 Å². The highest BCUT2D eigenvalue weighted by Gasteiger charge is 2.17. The maximum atomic E-state index is 13.1. The lowest BCUT2D eigenvalue weighted by atomic mass is 10.1. The maximum absolute atomic E-state index is 13.1. The number of urea groups is 1. The van der Waals surface area contributed by atoms with Crippen molar-refractivity contribution in [2.45, 2.75) is 25.8 Å². The van der Waals surface area contributed by atoms with Gasteiger partial charge < -0.3 is 10.1 Å². The van der Waals surface area contributed by atoms with E-state index in [2.05, 4.69) is 25.8 Å². The summed E-state index contributed by atoms with van der Waals surface area (Å²) in [7, 11) is 1.52. The van der Waals surface area contributed by atoms with Gasteiger partial charge in [-0.2, -0.15) is 5.10 Å². The number of rotatable bonds is 8. The normalized spacial score (nSPS) is 12.0. The summed E-state index contributed by atoms with van der Waals surface area (Å²) in [5.74, 6) is -0.118. The molecule has 8 nitrogen and oxygen atoms in total. The van der Waals surface area contributed by atoms with Gasteiger partial charge in [0.25, 0.3) is 0 Å². The third-order valence-electron chi connectivity index (χ3n) is 4.34. The van der Waals surface area contributed by atoms with Crippen molar-refractivity contribution >= 4 is 28.5 Å². The van der Waals surface area contributed by atoms with Crippen molar-refractivity contribution in [1.29, 1.82) is 0 Å². The average molecular weight is 399 g/mol. The Morgan fingerprint density at radius 2 is 2.03 bits per heavy atom. The molecule has 2 aromatic heterocycles. The van der Waals surface area contributed by atoms with Gasteiger partial charge in [0.2, 0.25) is 0 Å². The minimum absolute atomic E-state index is 0.0549. The van der Waals surface area contributed by atoms with Gasteiger partial charge in [-0.1, -0.05) is 19.1 Å². The van der Waals surface area contributed by atoms with Crippen molar-refractivity contribution in [3.8, 4) is 0 Å². The molecule has 29 heavy (non-hydrogen) atoms. The second-order valence-electron chi connectivity index (χ2n) is 6.52. The van der Waals surface area contributed by atoms with E-state index in [0.717, 1.165) is 6.42 Å². The minimum Gasteiger partial charge on any atom is -0.382 e. The molecule has 0 spiro atoms. The number of methoxy groups -OCH3 is 1. The number of fused-ring (bicyclic) bond motifs is 1. The van der Waals surface area contributed by atoms with Crippen molar-refractivity contribution in [3.05, 3.63) is 53.6 Å². The lowest BCUT2D eigenvalue weighted by molar-refractivity contribution is 0.0978. The summed E-state index contributed by atoms with van der Waals surface area (Å²) in [6, 6.07) is 6.46. The van der Waals surface area contributed by atoms with Gasteiger partial charge in [-0.05, 0) is 24.1 Å². The molecule has 1 atom stereocenters. The van der Waals surface area contributed by atoms with Crippen LogP contribution in [0.15, 0.2) is 36.5 Å². The van der Waals surface area contributed by atoms with Crippen molar-refractivity contribution in [2.24, 2.45) is 0 Å². The highest BCUT2D eigenvalue weighted by Crippen LogP contribution is 2.20. The molecule has 2 amide bonds. The van der Waals surface area contributed by atoms with Crippen LogP contribution in [0.5, 0.6) is 0 Å². The van der Waals surface area contributed by atoms with E-state index in [1.54, 1.807) is 18.2 Å². The summed E-state index contributed by atoms with van der Waals surface area (Å²) in [6.07, 6.45) is 2.65. The molecule has 3 rings (SSSR count). The Morgan fingerprint density at radius 1 is 1.28 bits per heavy atom. The molecular weight excluding hydrogens is 377 g/mol. The van der Waals surface area contributed by atoms with E-state index in [-0.39, 0.29) is 18.2 Å². The van der Waals surface area contributed by atoms with Gasteiger partial charge in [0.1, 0.15) is 17.3 Å². The minimum atomic E-state index is -0.495. The molecule has 1 aromatic carbocycles. The molecule has 9 heteroatoms. The molecule has 0 fully saturated rings. The predicted molar refractivity (Wildman–Crippen MR) is 106 cm³/mol. The second kappa shape index (κ2) is 9.24. The van der Waals surface area contributed by atoms with Gasteiger partial charge in [0.05, 0.1) is 18.2 Å². The number of carbonyl (C=O) groups is 2. The number of carbonyl (C=O) groups excluding carboxylic acids is 2. The number of ketones is 1. The molecule has 3 aromatic rings. The van der Waals surface area contributed by atoms with Gasteiger partial charge in [-0.3, -0.25) is 15.2 Å². The van der Waals surface area contributed by atoms with Crippen LogP contribution in [0.4, 0.5) is 15.0 Å². The first-order chi connectivity index (χ1) is 14.0. The fraction of sp³-hybridized carbons (Fsp3) is 0.300. The lowest BCUT2D eigenvalue weighted by Crippen LogP contribution is -2.35. The number of Topliss-reactive ketones (excluding diaryl/α,β-unsaturated/α-hetero) is 1. The van der Waals surface area contributed by atoms with Crippen LogP contribution in [0.1, 0.15) is 41.9 Å². The first-order valence-electron chi connectivity index (χ1n) is 9.21. The third-order valence-corrected chi connectivity index (χ3v) is 4.34. The van der Waals surface area contributed by atoms with Crippen molar-refractivity contribution < 1.29 is 18.7 Å². The molecule has 0 aliphatic carbocycles. The molecule has 0 saturated carbocycles. The maximum Gasteiger partial charge on any atom is 0.320 e. The summed E-state index contributed by atoms with van der Waals surface area (Å²) >= 11 is 0. The Kier molecular flexibility index (Phi) is 6.50. The lowest BCUT2D eigenvalue weighted by Gasteiger charge is -2.18. The van der Waals surface area contributed by atoms with E-state index in [9.17, 15) is 14.0 Å². The Balaban J connectivity index is 1.71. The van der Waals surface area contributed by atoms with Crippen molar-refractivity contribution in [2.75, 3.05) is 19.0 Å². The van der Waals surface area contributed by atoms with Crippen LogP contribution in [-0.4, -0.2) is 40.7 Å². The third kappa shape index (κ3) is 4.94. The van der Waals surface area contributed by atoms with Gasteiger partial charge >= 0.3 is 6.03 Å². The number of hydrogen-bond donors (Lipinski definition) is 3. The quantitative estimate of drug-likeness (QED) is 0.502. The summed E-state index contributed by atoms with van der Waals surface area (Å²) in [4.78, 5) is 28.7. The number of H-pyrrole nitrogens is 1. The van der Waals surface area contributed by atoms with Gasteiger partial charge in [-0.15, -0.1) is 0 Å². The van der Waals surface area contributed by atoms with Crippen LogP contribution in [0, 0.1) is 5.82 Å².